The predicted octanol–water partition coefficient (Wildman–Crippen LogP) is 3.26. The molecule has 0 radical (unpaired) electrons. The third-order valence-electron chi connectivity index (χ3n) is 3.71. The molecule has 2 aromatic heterocycles. The van der Waals surface area contributed by atoms with Crippen molar-refractivity contribution in [3.8, 4) is 17.7 Å². The number of furan rings is 1. The van der Waals surface area contributed by atoms with E-state index in [1.54, 1.807) is 36.0 Å². The Morgan fingerprint density at radius 2 is 1.77 bits per heavy atom. The fraction of sp³-hybridized carbons (Fsp3) is 0.105. The molecular weight excluding hydrogens is 336 g/mol. The first-order valence-corrected chi connectivity index (χ1v) is 7.62. The monoisotopic (exact) mass is 350 g/mol. The summed E-state index contributed by atoms with van der Waals surface area (Å²) >= 11 is 0. The third-order valence-corrected chi connectivity index (χ3v) is 3.71. The molecule has 7 heteroatoms. The number of nitrogens with zero attached hydrogens (tertiary/aromatic N) is 2. The van der Waals surface area contributed by atoms with Crippen LogP contribution in [0.2, 0.25) is 0 Å². The maximum atomic E-state index is 12.5. The second kappa shape index (κ2) is 6.99. The Balaban J connectivity index is 1.89. The van der Waals surface area contributed by atoms with E-state index in [-0.39, 0.29) is 28.5 Å². The van der Waals surface area contributed by atoms with E-state index in [2.05, 4.69) is 4.74 Å². The topological polar surface area (TPSA) is 94.5 Å². The van der Waals surface area contributed by atoms with E-state index in [1.165, 1.54) is 31.4 Å². The number of carbonyl (C=O) groups excluding carboxylic acids is 2. The molecule has 0 aliphatic rings. The van der Waals surface area contributed by atoms with Gasteiger partial charge in [-0.25, -0.2) is 9.59 Å². The summed E-state index contributed by atoms with van der Waals surface area (Å²) in [5, 5.41) is 9.47. The van der Waals surface area contributed by atoms with Crippen LogP contribution in [-0.2, 0) is 4.74 Å². The van der Waals surface area contributed by atoms with Gasteiger partial charge in [-0.2, -0.15) is 5.26 Å². The van der Waals surface area contributed by atoms with Crippen molar-refractivity contribution in [2.24, 2.45) is 0 Å². The fourth-order valence-corrected chi connectivity index (χ4v) is 2.47. The molecule has 0 amide bonds. The Morgan fingerprint density at radius 3 is 2.35 bits per heavy atom. The number of hydrogen-bond donors (Lipinski definition) is 0. The first-order chi connectivity index (χ1) is 12.5. The second-order valence-corrected chi connectivity index (χ2v) is 5.32. The Kier molecular flexibility index (Phi) is 4.58. The van der Waals surface area contributed by atoms with Gasteiger partial charge in [0.15, 0.2) is 0 Å². The molecule has 7 nitrogen and oxygen atoms in total. The Labute approximate surface area is 149 Å². The number of nitriles is 1. The van der Waals surface area contributed by atoms with Crippen molar-refractivity contribution in [3.05, 3.63) is 71.2 Å². The number of benzene rings is 1. The number of carbonyl (C=O) groups is 2. The molecule has 0 bridgehead atoms. The van der Waals surface area contributed by atoms with Crippen molar-refractivity contribution in [1.82, 2.24) is 4.57 Å². The highest BCUT2D eigenvalue weighted by atomic mass is 16.5. The van der Waals surface area contributed by atoms with E-state index in [0.717, 1.165) is 0 Å². The van der Waals surface area contributed by atoms with Gasteiger partial charge < -0.3 is 13.9 Å². The number of methoxy groups -OCH3 is 1. The van der Waals surface area contributed by atoms with Crippen LogP contribution in [0.25, 0.3) is 5.88 Å². The zero-order valence-electron chi connectivity index (χ0n) is 14.1. The number of esters is 2. The summed E-state index contributed by atoms with van der Waals surface area (Å²) in [4.78, 5) is 24.0. The number of hydrogen-bond acceptors (Lipinski definition) is 6. The van der Waals surface area contributed by atoms with Gasteiger partial charge in [-0.3, -0.25) is 4.57 Å². The minimum atomic E-state index is -0.716. The smallest absolute Gasteiger partial charge is 0.348 e. The van der Waals surface area contributed by atoms with Gasteiger partial charge in [0.05, 0.1) is 12.7 Å². The van der Waals surface area contributed by atoms with Crippen LogP contribution < -0.4 is 4.74 Å². The molecule has 1 aromatic carbocycles. The van der Waals surface area contributed by atoms with Crippen molar-refractivity contribution in [2.45, 2.75) is 6.92 Å². The summed E-state index contributed by atoms with van der Waals surface area (Å²) in [7, 11) is 1.28. The van der Waals surface area contributed by atoms with Crippen LogP contribution in [0.15, 0.2) is 53.2 Å². The van der Waals surface area contributed by atoms with Crippen LogP contribution in [0.1, 0.15) is 32.0 Å². The molecule has 0 aliphatic heterocycles. The Bertz CT molecular complexity index is 992. The number of aryl methyl sites for hydroxylation is 1. The van der Waals surface area contributed by atoms with E-state index in [9.17, 15) is 14.9 Å². The molecule has 0 atom stereocenters. The summed E-state index contributed by atoms with van der Waals surface area (Å²) in [6, 6.07) is 11.5. The molecule has 0 fully saturated rings. The second-order valence-electron chi connectivity index (χ2n) is 5.32. The first-order valence-electron chi connectivity index (χ1n) is 7.62. The van der Waals surface area contributed by atoms with Gasteiger partial charge in [-0.15, -0.1) is 0 Å². The van der Waals surface area contributed by atoms with Crippen molar-refractivity contribution >= 4 is 11.9 Å². The summed E-state index contributed by atoms with van der Waals surface area (Å²) in [5.74, 6) is -0.442. The van der Waals surface area contributed by atoms with Gasteiger partial charge in [-0.05, 0) is 43.3 Å². The maximum absolute atomic E-state index is 12.5. The SMILES string of the molecule is COC(=O)c1ccc(OC(=O)c2c(C)oc(-n3cccc3)c2C#N)cc1. The molecule has 130 valence electrons. The third kappa shape index (κ3) is 3.08. The van der Waals surface area contributed by atoms with Gasteiger partial charge in [0.1, 0.15) is 28.7 Å². The molecule has 3 aromatic rings. The highest BCUT2D eigenvalue weighted by Gasteiger charge is 2.26. The molecular formula is C19H14N2O5. The van der Waals surface area contributed by atoms with Crippen LogP contribution >= 0.6 is 0 Å². The lowest BCUT2D eigenvalue weighted by Crippen LogP contribution is -2.11. The van der Waals surface area contributed by atoms with Gasteiger partial charge in [0.25, 0.3) is 0 Å². The quantitative estimate of drug-likeness (QED) is 0.529. The zero-order chi connectivity index (χ0) is 18.7. The standard InChI is InChI=1S/C19H14N2O5/c1-12-16(15(11-20)17(25-12)21-9-3-4-10-21)19(23)26-14-7-5-13(6-8-14)18(22)24-2/h3-10H,1-2H3. The molecule has 0 spiro atoms. The van der Waals surface area contributed by atoms with Crippen molar-refractivity contribution < 1.29 is 23.5 Å². The minimum Gasteiger partial charge on any atom is -0.465 e. The fourth-order valence-electron chi connectivity index (χ4n) is 2.47. The molecule has 0 N–H and O–H groups in total. The first kappa shape index (κ1) is 17.0. The molecule has 0 unspecified atom stereocenters. The van der Waals surface area contributed by atoms with Gasteiger partial charge in [0.2, 0.25) is 5.88 Å². The van der Waals surface area contributed by atoms with E-state index < -0.39 is 11.9 Å². The van der Waals surface area contributed by atoms with Crippen LogP contribution in [0.4, 0.5) is 0 Å². The minimum absolute atomic E-state index is 0.0632. The average molecular weight is 350 g/mol. The summed E-state index contributed by atoms with van der Waals surface area (Å²) in [6.45, 7) is 1.59. The lowest BCUT2D eigenvalue weighted by molar-refractivity contribution is 0.0600. The zero-order valence-corrected chi connectivity index (χ0v) is 14.1. The van der Waals surface area contributed by atoms with Crippen molar-refractivity contribution in [3.63, 3.8) is 0 Å². The molecule has 26 heavy (non-hydrogen) atoms. The van der Waals surface area contributed by atoms with E-state index in [0.29, 0.717) is 5.56 Å². The van der Waals surface area contributed by atoms with Crippen LogP contribution in [-0.4, -0.2) is 23.6 Å². The van der Waals surface area contributed by atoms with Crippen molar-refractivity contribution in [1.29, 1.82) is 5.26 Å². The number of aromatic nitrogens is 1. The lowest BCUT2D eigenvalue weighted by atomic mass is 10.1. The Hall–Kier alpha value is -3.79. The van der Waals surface area contributed by atoms with Crippen LogP contribution in [0, 0.1) is 18.3 Å². The summed E-state index contributed by atoms with van der Waals surface area (Å²) < 4.78 is 17.1. The normalized spacial score (nSPS) is 10.2. The predicted molar refractivity (Wildman–Crippen MR) is 90.2 cm³/mol. The average Bonchev–Trinajstić information content (AvgIpc) is 3.28. The van der Waals surface area contributed by atoms with E-state index in [4.69, 9.17) is 9.15 Å². The number of rotatable bonds is 4. The van der Waals surface area contributed by atoms with Crippen LogP contribution in [0.3, 0.4) is 0 Å². The molecule has 2 heterocycles. The molecule has 0 aliphatic carbocycles. The summed E-state index contributed by atoms with van der Waals surface area (Å²) in [6.07, 6.45) is 3.42. The van der Waals surface area contributed by atoms with Gasteiger partial charge in [0, 0.05) is 12.4 Å². The largest absolute Gasteiger partial charge is 0.465 e. The van der Waals surface area contributed by atoms with Gasteiger partial charge >= 0.3 is 11.9 Å². The van der Waals surface area contributed by atoms with Gasteiger partial charge in [-0.1, -0.05) is 0 Å². The number of ether oxygens (including phenoxy) is 2. The highest BCUT2D eigenvalue weighted by Crippen LogP contribution is 2.27. The van der Waals surface area contributed by atoms with E-state index in [1.807, 2.05) is 6.07 Å². The molecule has 0 saturated heterocycles. The van der Waals surface area contributed by atoms with E-state index >= 15 is 0 Å². The summed E-state index contributed by atoms with van der Waals surface area (Å²) in [5.41, 5.74) is 0.488. The van der Waals surface area contributed by atoms with Crippen LogP contribution in [0.5, 0.6) is 5.75 Å². The lowest BCUT2D eigenvalue weighted by Gasteiger charge is -2.05. The maximum Gasteiger partial charge on any atom is 0.348 e. The molecule has 3 rings (SSSR count). The molecule has 0 saturated carbocycles. The Morgan fingerprint density at radius 1 is 1.12 bits per heavy atom. The highest BCUT2D eigenvalue weighted by molar-refractivity contribution is 5.96. The van der Waals surface area contributed by atoms with Crippen molar-refractivity contribution in [2.75, 3.05) is 7.11 Å².